The van der Waals surface area contributed by atoms with Gasteiger partial charge in [0.1, 0.15) is 0 Å². The van der Waals surface area contributed by atoms with Gasteiger partial charge in [-0.3, -0.25) is 0 Å². The van der Waals surface area contributed by atoms with E-state index < -0.39 is 0 Å². The fourth-order valence-electron chi connectivity index (χ4n) is 1.11. The van der Waals surface area contributed by atoms with E-state index in [-0.39, 0.29) is 0 Å². The van der Waals surface area contributed by atoms with Gasteiger partial charge in [0, 0.05) is 16.9 Å². The Bertz CT molecular complexity index is 467. The van der Waals surface area contributed by atoms with Crippen LogP contribution < -0.4 is 0 Å². The minimum Gasteiger partial charge on any atom is -0.235 e. The number of aromatic nitrogens is 3. The van der Waals surface area contributed by atoms with Crippen molar-refractivity contribution in [3.05, 3.63) is 39.7 Å². The molecule has 0 saturated carbocycles. The van der Waals surface area contributed by atoms with Crippen LogP contribution in [0.5, 0.6) is 0 Å². The number of rotatable bonds is 1. The van der Waals surface area contributed by atoms with E-state index in [0.29, 0.717) is 10.8 Å². The van der Waals surface area contributed by atoms with Crippen LogP contribution in [0, 0.1) is 6.92 Å². The summed E-state index contributed by atoms with van der Waals surface area (Å²) in [6, 6.07) is 3.70. The van der Waals surface area contributed by atoms with Crippen molar-refractivity contribution in [2.75, 3.05) is 0 Å². The van der Waals surface area contributed by atoms with Crippen LogP contribution >= 0.6 is 27.5 Å². The number of halogens is 2. The first kappa shape index (κ1) is 9.68. The first-order valence-electron chi connectivity index (χ1n) is 4.00. The van der Waals surface area contributed by atoms with Crippen molar-refractivity contribution in [1.82, 2.24) is 14.8 Å². The molecule has 0 unspecified atom stereocenters. The summed E-state index contributed by atoms with van der Waals surface area (Å²) in [6.45, 7) is 1.92. The molecule has 0 fully saturated rings. The van der Waals surface area contributed by atoms with Crippen LogP contribution in [-0.2, 0) is 0 Å². The van der Waals surface area contributed by atoms with Gasteiger partial charge in [0.2, 0.25) is 0 Å². The third-order valence-corrected chi connectivity index (χ3v) is 2.44. The molecule has 2 rings (SSSR count). The Morgan fingerprint density at radius 2 is 2.29 bits per heavy atom. The van der Waals surface area contributed by atoms with Gasteiger partial charge in [0.15, 0.2) is 5.82 Å². The van der Waals surface area contributed by atoms with Crippen LogP contribution in [-0.4, -0.2) is 14.8 Å². The summed E-state index contributed by atoms with van der Waals surface area (Å²) >= 11 is 9.32. The Balaban J connectivity index is 2.52. The first-order chi connectivity index (χ1) is 6.66. The van der Waals surface area contributed by atoms with E-state index in [0.717, 1.165) is 10.2 Å². The predicted octanol–water partition coefficient (Wildman–Crippen LogP) is 2.99. The molecule has 0 spiro atoms. The number of hydrogen-bond donors (Lipinski definition) is 0. The van der Waals surface area contributed by atoms with Crippen molar-refractivity contribution in [3.63, 3.8) is 0 Å². The largest absolute Gasteiger partial charge is 0.235 e. The average molecular weight is 273 g/mol. The maximum atomic E-state index is 6.02. The van der Waals surface area contributed by atoms with Gasteiger partial charge in [0.05, 0.1) is 10.7 Å². The maximum absolute atomic E-state index is 6.02. The zero-order valence-electron chi connectivity index (χ0n) is 7.41. The van der Waals surface area contributed by atoms with Crippen molar-refractivity contribution in [3.8, 4) is 5.82 Å². The van der Waals surface area contributed by atoms with Crippen LogP contribution in [0.15, 0.2) is 29.0 Å². The minimum absolute atomic E-state index is 0.572. The summed E-state index contributed by atoms with van der Waals surface area (Å²) in [5.74, 6) is 0.642. The fourth-order valence-corrected chi connectivity index (χ4v) is 1.82. The predicted molar refractivity (Wildman–Crippen MR) is 58.8 cm³/mol. The zero-order valence-corrected chi connectivity index (χ0v) is 9.75. The molecule has 14 heavy (non-hydrogen) atoms. The van der Waals surface area contributed by atoms with Crippen molar-refractivity contribution >= 4 is 27.5 Å². The molecule has 0 aliphatic rings. The Morgan fingerprint density at radius 3 is 2.86 bits per heavy atom. The van der Waals surface area contributed by atoms with Crippen LogP contribution in [0.1, 0.15) is 5.69 Å². The fraction of sp³-hybridized carbons (Fsp3) is 0.111. The summed E-state index contributed by atoms with van der Waals surface area (Å²) in [5.41, 5.74) is 0.936. The topological polar surface area (TPSA) is 30.7 Å². The molecule has 0 aromatic carbocycles. The average Bonchev–Trinajstić information content (AvgIpc) is 2.51. The van der Waals surface area contributed by atoms with Crippen LogP contribution in [0.3, 0.4) is 0 Å². The van der Waals surface area contributed by atoms with E-state index in [2.05, 4.69) is 26.0 Å². The normalized spacial score (nSPS) is 10.5. The Morgan fingerprint density at radius 1 is 1.50 bits per heavy atom. The van der Waals surface area contributed by atoms with Crippen LogP contribution in [0.4, 0.5) is 0 Å². The van der Waals surface area contributed by atoms with E-state index in [4.69, 9.17) is 11.6 Å². The smallest absolute Gasteiger partial charge is 0.172 e. The van der Waals surface area contributed by atoms with Crippen molar-refractivity contribution in [2.24, 2.45) is 0 Å². The van der Waals surface area contributed by atoms with Crippen LogP contribution in [0.2, 0.25) is 5.02 Å². The lowest BCUT2D eigenvalue weighted by Crippen LogP contribution is -1.99. The summed E-state index contributed by atoms with van der Waals surface area (Å²) in [5, 5.41) is 4.80. The second kappa shape index (κ2) is 3.71. The molecular formula is C9H7BrClN3. The number of nitrogens with zero attached hydrogens (tertiary/aromatic N) is 3. The third-order valence-electron chi connectivity index (χ3n) is 1.73. The monoisotopic (exact) mass is 271 g/mol. The number of pyridine rings is 1. The van der Waals surface area contributed by atoms with Gasteiger partial charge in [-0.05, 0) is 35.0 Å². The standard InChI is InChI=1S/C9H7BrClN3/c1-6-2-3-14(13-6)9-8(11)4-7(10)5-12-9/h2-5H,1H3. The number of hydrogen-bond acceptors (Lipinski definition) is 2. The molecule has 0 bridgehead atoms. The van der Waals surface area contributed by atoms with E-state index in [1.807, 2.05) is 19.2 Å². The van der Waals surface area contributed by atoms with Gasteiger partial charge >= 0.3 is 0 Å². The molecule has 72 valence electrons. The van der Waals surface area contributed by atoms with Crippen molar-refractivity contribution in [2.45, 2.75) is 6.92 Å². The van der Waals surface area contributed by atoms with Gasteiger partial charge in [-0.25, -0.2) is 9.67 Å². The second-order valence-electron chi connectivity index (χ2n) is 2.86. The molecule has 0 amide bonds. The molecule has 0 atom stereocenters. The molecule has 2 aromatic heterocycles. The molecule has 2 heterocycles. The van der Waals surface area contributed by atoms with Gasteiger partial charge < -0.3 is 0 Å². The van der Waals surface area contributed by atoms with E-state index >= 15 is 0 Å². The van der Waals surface area contributed by atoms with Crippen LogP contribution in [0.25, 0.3) is 5.82 Å². The van der Waals surface area contributed by atoms with Crippen molar-refractivity contribution in [1.29, 1.82) is 0 Å². The highest BCUT2D eigenvalue weighted by Crippen LogP contribution is 2.21. The molecule has 2 aromatic rings. The quantitative estimate of drug-likeness (QED) is 0.799. The Hall–Kier alpha value is -0.870. The molecule has 0 N–H and O–H groups in total. The maximum Gasteiger partial charge on any atom is 0.172 e. The Labute approximate surface area is 94.9 Å². The van der Waals surface area contributed by atoms with Gasteiger partial charge in [-0.1, -0.05) is 11.6 Å². The molecule has 5 heteroatoms. The first-order valence-corrected chi connectivity index (χ1v) is 5.17. The lowest BCUT2D eigenvalue weighted by Gasteiger charge is -2.02. The van der Waals surface area contributed by atoms with Crippen molar-refractivity contribution < 1.29 is 0 Å². The van der Waals surface area contributed by atoms with Gasteiger partial charge in [-0.2, -0.15) is 5.10 Å². The molecule has 3 nitrogen and oxygen atoms in total. The zero-order chi connectivity index (χ0) is 10.1. The van der Waals surface area contributed by atoms with Gasteiger partial charge in [0.25, 0.3) is 0 Å². The lowest BCUT2D eigenvalue weighted by atomic mass is 10.4. The minimum atomic E-state index is 0.572. The highest BCUT2D eigenvalue weighted by molar-refractivity contribution is 9.10. The summed E-state index contributed by atoms with van der Waals surface area (Å²) in [7, 11) is 0. The third kappa shape index (κ3) is 1.81. The summed E-state index contributed by atoms with van der Waals surface area (Å²) in [4.78, 5) is 4.18. The molecule has 0 aliphatic heterocycles. The molecular weight excluding hydrogens is 265 g/mol. The Kier molecular flexibility index (Phi) is 2.56. The van der Waals surface area contributed by atoms with E-state index in [1.165, 1.54) is 0 Å². The highest BCUT2D eigenvalue weighted by atomic mass is 79.9. The molecule has 0 saturated heterocycles. The number of aryl methyl sites for hydroxylation is 1. The second-order valence-corrected chi connectivity index (χ2v) is 4.18. The molecule has 0 radical (unpaired) electrons. The molecule has 0 aliphatic carbocycles. The van der Waals surface area contributed by atoms with E-state index in [9.17, 15) is 0 Å². The van der Waals surface area contributed by atoms with E-state index in [1.54, 1.807) is 16.9 Å². The summed E-state index contributed by atoms with van der Waals surface area (Å²) < 4.78 is 2.51. The SMILES string of the molecule is Cc1ccn(-c2ncc(Br)cc2Cl)n1. The lowest BCUT2D eigenvalue weighted by molar-refractivity contribution is 0.832. The summed E-state index contributed by atoms with van der Waals surface area (Å²) in [6.07, 6.45) is 3.52. The van der Waals surface area contributed by atoms with Gasteiger partial charge in [-0.15, -0.1) is 0 Å². The highest BCUT2D eigenvalue weighted by Gasteiger charge is 2.05.